The van der Waals surface area contributed by atoms with Crippen molar-refractivity contribution < 1.29 is 9.59 Å². The predicted molar refractivity (Wildman–Crippen MR) is 66.9 cm³/mol. The van der Waals surface area contributed by atoms with Crippen LogP contribution >= 0.6 is 0 Å². The molecule has 0 aromatic rings. The van der Waals surface area contributed by atoms with Gasteiger partial charge in [-0.1, -0.05) is 19.8 Å². The molecule has 0 aliphatic carbocycles. The van der Waals surface area contributed by atoms with Crippen LogP contribution in [0.4, 0.5) is 0 Å². The van der Waals surface area contributed by atoms with E-state index in [2.05, 4.69) is 28.1 Å². The summed E-state index contributed by atoms with van der Waals surface area (Å²) in [6.45, 7) is 4.16. The SMILES string of the molecule is CCC(CCCCCC(C)O)[N+](C)(C)C. The van der Waals surface area contributed by atoms with Gasteiger partial charge in [0.2, 0.25) is 0 Å². The molecule has 1 N–H and O–H groups in total. The lowest BCUT2D eigenvalue weighted by atomic mass is 10.0. The van der Waals surface area contributed by atoms with E-state index < -0.39 is 0 Å². The summed E-state index contributed by atoms with van der Waals surface area (Å²) in [5, 5.41) is 9.13. The molecule has 0 aliphatic heterocycles. The van der Waals surface area contributed by atoms with Crippen molar-refractivity contribution in [1.29, 1.82) is 0 Å². The largest absolute Gasteiger partial charge is 0.393 e. The van der Waals surface area contributed by atoms with Crippen molar-refractivity contribution in [1.82, 2.24) is 0 Å². The molecule has 0 aromatic heterocycles. The van der Waals surface area contributed by atoms with E-state index in [-0.39, 0.29) is 6.10 Å². The zero-order valence-electron chi connectivity index (χ0n) is 11.3. The molecule has 0 spiro atoms. The van der Waals surface area contributed by atoms with Crippen LogP contribution in [0.15, 0.2) is 0 Å². The fourth-order valence-electron chi connectivity index (χ4n) is 2.14. The number of rotatable bonds is 8. The van der Waals surface area contributed by atoms with E-state index in [0.29, 0.717) is 0 Å². The van der Waals surface area contributed by atoms with Crippen molar-refractivity contribution in [2.24, 2.45) is 0 Å². The molecular formula is C13H30NO+. The van der Waals surface area contributed by atoms with E-state index in [4.69, 9.17) is 5.11 Å². The maximum Gasteiger partial charge on any atom is 0.0881 e. The summed E-state index contributed by atoms with van der Waals surface area (Å²) in [7, 11) is 6.85. The zero-order chi connectivity index (χ0) is 11.9. The van der Waals surface area contributed by atoms with E-state index in [1.807, 2.05) is 6.92 Å². The lowest BCUT2D eigenvalue weighted by molar-refractivity contribution is -0.896. The number of aliphatic hydroxyl groups excluding tert-OH is 1. The van der Waals surface area contributed by atoms with Crippen molar-refractivity contribution in [2.45, 2.75) is 64.5 Å². The average molecular weight is 216 g/mol. The molecule has 2 unspecified atom stereocenters. The Morgan fingerprint density at radius 3 is 1.93 bits per heavy atom. The smallest absolute Gasteiger partial charge is 0.0881 e. The third-order valence-electron chi connectivity index (χ3n) is 3.23. The number of quaternary nitrogens is 1. The normalized spacial score (nSPS) is 16.4. The molecule has 0 aromatic carbocycles. The first-order valence-electron chi connectivity index (χ1n) is 6.37. The molecule has 0 amide bonds. The molecule has 2 nitrogen and oxygen atoms in total. The summed E-state index contributed by atoms with van der Waals surface area (Å²) in [5.74, 6) is 0. The van der Waals surface area contributed by atoms with Gasteiger partial charge < -0.3 is 9.59 Å². The summed E-state index contributed by atoms with van der Waals surface area (Å²) in [6, 6.07) is 0.788. The van der Waals surface area contributed by atoms with Crippen LogP contribution in [0.5, 0.6) is 0 Å². The Balaban J connectivity index is 3.56. The van der Waals surface area contributed by atoms with Crippen LogP contribution in [0.1, 0.15) is 52.4 Å². The fourth-order valence-corrected chi connectivity index (χ4v) is 2.14. The van der Waals surface area contributed by atoms with Gasteiger partial charge in [0.25, 0.3) is 0 Å². The Kier molecular flexibility index (Phi) is 7.20. The molecule has 0 radical (unpaired) electrons. The Morgan fingerprint density at radius 1 is 1.00 bits per heavy atom. The minimum Gasteiger partial charge on any atom is -0.393 e. The topological polar surface area (TPSA) is 20.2 Å². The molecular weight excluding hydrogens is 186 g/mol. The van der Waals surface area contributed by atoms with Crippen LogP contribution < -0.4 is 0 Å². The quantitative estimate of drug-likeness (QED) is 0.488. The monoisotopic (exact) mass is 216 g/mol. The second-order valence-electron chi connectivity index (χ2n) is 5.67. The Hall–Kier alpha value is -0.0800. The highest BCUT2D eigenvalue weighted by Gasteiger charge is 2.20. The maximum absolute atomic E-state index is 9.13. The minimum absolute atomic E-state index is 0.120. The van der Waals surface area contributed by atoms with Crippen LogP contribution in [-0.2, 0) is 0 Å². The highest BCUT2D eigenvalue weighted by molar-refractivity contribution is 4.57. The second kappa shape index (κ2) is 7.24. The van der Waals surface area contributed by atoms with E-state index in [0.717, 1.165) is 16.9 Å². The number of nitrogens with zero attached hydrogens (tertiary/aromatic N) is 1. The lowest BCUT2D eigenvalue weighted by Crippen LogP contribution is -2.44. The average Bonchev–Trinajstić information content (AvgIpc) is 2.08. The van der Waals surface area contributed by atoms with Crippen LogP contribution in [-0.4, -0.2) is 42.9 Å². The molecule has 0 heterocycles. The third kappa shape index (κ3) is 7.80. The molecule has 15 heavy (non-hydrogen) atoms. The van der Waals surface area contributed by atoms with E-state index in [1.54, 1.807) is 0 Å². The summed E-state index contributed by atoms with van der Waals surface area (Å²) < 4.78 is 1.08. The number of hydrogen-bond donors (Lipinski definition) is 1. The van der Waals surface area contributed by atoms with Gasteiger partial charge in [-0.05, 0) is 32.6 Å². The zero-order valence-corrected chi connectivity index (χ0v) is 11.3. The van der Waals surface area contributed by atoms with Gasteiger partial charge >= 0.3 is 0 Å². The Morgan fingerprint density at radius 2 is 1.53 bits per heavy atom. The number of unbranched alkanes of at least 4 members (excludes halogenated alkanes) is 2. The van der Waals surface area contributed by atoms with Crippen molar-refractivity contribution in [2.75, 3.05) is 21.1 Å². The van der Waals surface area contributed by atoms with Gasteiger partial charge in [0.15, 0.2) is 0 Å². The first-order chi connectivity index (χ1) is 6.88. The molecule has 0 saturated carbocycles. The molecule has 0 rings (SSSR count). The molecule has 0 bridgehead atoms. The van der Waals surface area contributed by atoms with Crippen LogP contribution in [0.3, 0.4) is 0 Å². The van der Waals surface area contributed by atoms with Gasteiger partial charge in [-0.25, -0.2) is 0 Å². The molecule has 2 atom stereocenters. The molecule has 0 aliphatic rings. The summed E-state index contributed by atoms with van der Waals surface area (Å²) in [5.41, 5.74) is 0. The predicted octanol–water partition coefficient (Wildman–Crippen LogP) is 2.80. The lowest BCUT2D eigenvalue weighted by Gasteiger charge is -2.33. The Bertz CT molecular complexity index is 149. The van der Waals surface area contributed by atoms with Crippen molar-refractivity contribution in [3.05, 3.63) is 0 Å². The second-order valence-corrected chi connectivity index (χ2v) is 5.67. The van der Waals surface area contributed by atoms with Crippen molar-refractivity contribution in [3.63, 3.8) is 0 Å². The van der Waals surface area contributed by atoms with Gasteiger partial charge in [0.05, 0.1) is 33.3 Å². The van der Waals surface area contributed by atoms with Crippen molar-refractivity contribution in [3.8, 4) is 0 Å². The van der Waals surface area contributed by atoms with E-state index in [9.17, 15) is 0 Å². The van der Waals surface area contributed by atoms with Gasteiger partial charge in [-0.15, -0.1) is 0 Å². The summed E-state index contributed by atoms with van der Waals surface area (Å²) in [6.07, 6.45) is 7.17. The first kappa shape index (κ1) is 14.9. The maximum atomic E-state index is 9.13. The number of hydrogen-bond acceptors (Lipinski definition) is 1. The third-order valence-corrected chi connectivity index (χ3v) is 3.23. The van der Waals surface area contributed by atoms with Gasteiger partial charge in [0.1, 0.15) is 0 Å². The van der Waals surface area contributed by atoms with Crippen LogP contribution in [0.2, 0.25) is 0 Å². The minimum atomic E-state index is -0.120. The van der Waals surface area contributed by atoms with E-state index >= 15 is 0 Å². The van der Waals surface area contributed by atoms with E-state index in [1.165, 1.54) is 32.1 Å². The molecule has 92 valence electrons. The van der Waals surface area contributed by atoms with Crippen LogP contribution in [0.25, 0.3) is 0 Å². The highest BCUT2D eigenvalue weighted by atomic mass is 16.3. The van der Waals surface area contributed by atoms with Crippen LogP contribution in [0, 0.1) is 0 Å². The summed E-state index contributed by atoms with van der Waals surface area (Å²) in [4.78, 5) is 0. The molecule has 0 fully saturated rings. The number of aliphatic hydroxyl groups is 1. The van der Waals surface area contributed by atoms with Gasteiger partial charge in [-0.2, -0.15) is 0 Å². The fraction of sp³-hybridized carbons (Fsp3) is 1.00. The first-order valence-corrected chi connectivity index (χ1v) is 6.37. The van der Waals surface area contributed by atoms with Gasteiger partial charge in [0, 0.05) is 0 Å². The molecule has 2 heteroatoms. The van der Waals surface area contributed by atoms with Gasteiger partial charge in [-0.3, -0.25) is 0 Å². The molecule has 0 saturated heterocycles. The van der Waals surface area contributed by atoms with Crippen molar-refractivity contribution >= 4 is 0 Å². The Labute approximate surface area is 95.9 Å². The standard InChI is InChI=1S/C13H30NO/c1-6-13(14(3,4)5)11-9-7-8-10-12(2)15/h12-13,15H,6-11H2,1-5H3/q+1. The highest BCUT2D eigenvalue weighted by Crippen LogP contribution is 2.16. The summed E-state index contributed by atoms with van der Waals surface area (Å²) >= 11 is 0.